The summed E-state index contributed by atoms with van der Waals surface area (Å²) in [4.78, 5) is 11.5. The number of amides is 1. The Morgan fingerprint density at radius 2 is 2.29 bits per heavy atom. The van der Waals surface area contributed by atoms with E-state index in [0.717, 1.165) is 13.1 Å². The summed E-state index contributed by atoms with van der Waals surface area (Å²) in [5.74, 6) is -0.0181. The molecular weight excluding hydrogens is 178 g/mol. The summed E-state index contributed by atoms with van der Waals surface area (Å²) >= 11 is 0. The molecule has 1 aromatic rings. The van der Waals surface area contributed by atoms with Crippen molar-refractivity contribution in [1.82, 2.24) is 15.2 Å². The molecule has 2 N–H and O–H groups in total. The van der Waals surface area contributed by atoms with Crippen LogP contribution in [0, 0.1) is 0 Å². The van der Waals surface area contributed by atoms with Gasteiger partial charge in [-0.25, -0.2) is 0 Å². The molecule has 4 nitrogen and oxygen atoms in total. The van der Waals surface area contributed by atoms with Gasteiger partial charge in [0.05, 0.1) is 0 Å². The Labute approximate surface area is 84.3 Å². The molecule has 0 radical (unpaired) electrons. The van der Waals surface area contributed by atoms with E-state index < -0.39 is 0 Å². The van der Waals surface area contributed by atoms with Gasteiger partial charge in [-0.05, 0) is 18.7 Å². The predicted molar refractivity (Wildman–Crippen MR) is 56.3 cm³/mol. The Balaban J connectivity index is 2.32. The second-order valence-corrected chi connectivity index (χ2v) is 3.11. The number of hydrogen-bond acceptors (Lipinski definition) is 2. The van der Waals surface area contributed by atoms with E-state index in [2.05, 4.69) is 10.6 Å². The fourth-order valence-electron chi connectivity index (χ4n) is 1.23. The van der Waals surface area contributed by atoms with E-state index in [9.17, 15) is 4.79 Å². The molecule has 1 amide bonds. The lowest BCUT2D eigenvalue weighted by molar-refractivity contribution is 0.0946. The highest BCUT2D eigenvalue weighted by Crippen LogP contribution is 1.98. The van der Waals surface area contributed by atoms with Crippen molar-refractivity contribution in [3.8, 4) is 0 Å². The lowest BCUT2D eigenvalue weighted by atomic mass is 10.4. The highest BCUT2D eigenvalue weighted by Gasteiger charge is 2.06. The quantitative estimate of drug-likeness (QED) is 0.667. The lowest BCUT2D eigenvalue weighted by Gasteiger charge is -2.05. The molecule has 1 rings (SSSR count). The molecule has 0 aromatic carbocycles. The van der Waals surface area contributed by atoms with E-state index in [1.54, 1.807) is 0 Å². The number of aromatic nitrogens is 1. The summed E-state index contributed by atoms with van der Waals surface area (Å²) in [6, 6.07) is 3.67. The number of nitrogens with one attached hydrogen (secondary N) is 2. The number of carbonyl (C=O) groups excluding carboxylic acids is 1. The third kappa shape index (κ3) is 2.88. The molecule has 0 aliphatic heterocycles. The molecule has 14 heavy (non-hydrogen) atoms. The van der Waals surface area contributed by atoms with E-state index in [-0.39, 0.29) is 5.91 Å². The fourth-order valence-corrected chi connectivity index (χ4v) is 1.23. The molecule has 78 valence electrons. The van der Waals surface area contributed by atoms with Crippen LogP contribution in [0.5, 0.6) is 0 Å². The predicted octanol–water partition coefficient (Wildman–Crippen LogP) is 0.364. The van der Waals surface area contributed by atoms with Crippen LogP contribution in [0.4, 0.5) is 0 Å². The van der Waals surface area contributed by atoms with Crippen LogP contribution in [-0.4, -0.2) is 30.1 Å². The van der Waals surface area contributed by atoms with Crippen molar-refractivity contribution in [2.45, 2.75) is 6.92 Å². The zero-order valence-electron chi connectivity index (χ0n) is 8.71. The van der Waals surface area contributed by atoms with Crippen LogP contribution in [0.2, 0.25) is 0 Å². The molecular formula is C10H17N3O. The van der Waals surface area contributed by atoms with E-state index in [0.29, 0.717) is 12.2 Å². The average molecular weight is 195 g/mol. The number of rotatable bonds is 5. The van der Waals surface area contributed by atoms with Crippen molar-refractivity contribution < 1.29 is 4.79 Å². The molecule has 0 bridgehead atoms. The maximum Gasteiger partial charge on any atom is 0.267 e. The summed E-state index contributed by atoms with van der Waals surface area (Å²) in [5, 5.41) is 5.98. The standard InChI is InChI=1S/C10H17N3O/c1-3-11-6-7-12-10(14)9-5-4-8-13(9)2/h4-5,8,11H,3,6-7H2,1-2H3,(H,12,14). The molecule has 0 fully saturated rings. The maximum absolute atomic E-state index is 11.5. The molecule has 0 aliphatic carbocycles. The van der Waals surface area contributed by atoms with Crippen molar-refractivity contribution in [3.05, 3.63) is 24.0 Å². The smallest absolute Gasteiger partial charge is 0.267 e. The van der Waals surface area contributed by atoms with Crippen molar-refractivity contribution in [2.75, 3.05) is 19.6 Å². The van der Waals surface area contributed by atoms with E-state index in [1.165, 1.54) is 0 Å². The summed E-state index contributed by atoms with van der Waals surface area (Å²) in [6.07, 6.45) is 1.86. The summed E-state index contributed by atoms with van der Waals surface area (Å²) in [7, 11) is 1.86. The van der Waals surface area contributed by atoms with Crippen LogP contribution in [0.3, 0.4) is 0 Å². The zero-order valence-corrected chi connectivity index (χ0v) is 8.71. The van der Waals surface area contributed by atoms with Crippen LogP contribution < -0.4 is 10.6 Å². The van der Waals surface area contributed by atoms with Crippen LogP contribution in [0.1, 0.15) is 17.4 Å². The monoisotopic (exact) mass is 195 g/mol. The second kappa shape index (κ2) is 5.44. The number of likely N-dealkylation sites (N-methyl/N-ethyl adjacent to an activating group) is 1. The summed E-state index contributed by atoms with van der Waals surface area (Å²) in [5.41, 5.74) is 0.696. The highest BCUT2D eigenvalue weighted by molar-refractivity contribution is 5.92. The Morgan fingerprint density at radius 3 is 2.86 bits per heavy atom. The molecule has 0 unspecified atom stereocenters. The first-order valence-electron chi connectivity index (χ1n) is 4.86. The summed E-state index contributed by atoms with van der Waals surface area (Å²) < 4.78 is 1.81. The number of nitrogens with zero attached hydrogens (tertiary/aromatic N) is 1. The molecule has 1 aromatic heterocycles. The van der Waals surface area contributed by atoms with Gasteiger partial charge in [0.15, 0.2) is 0 Å². The maximum atomic E-state index is 11.5. The molecule has 1 heterocycles. The lowest BCUT2D eigenvalue weighted by Crippen LogP contribution is -2.32. The third-order valence-electron chi connectivity index (χ3n) is 2.01. The molecule has 4 heteroatoms. The van der Waals surface area contributed by atoms with E-state index >= 15 is 0 Å². The van der Waals surface area contributed by atoms with Crippen molar-refractivity contribution in [1.29, 1.82) is 0 Å². The molecule has 0 spiro atoms. The van der Waals surface area contributed by atoms with Gasteiger partial charge < -0.3 is 15.2 Å². The Kier molecular flexibility index (Phi) is 4.19. The van der Waals surface area contributed by atoms with Gasteiger partial charge >= 0.3 is 0 Å². The van der Waals surface area contributed by atoms with Gasteiger partial charge in [-0.1, -0.05) is 6.92 Å². The van der Waals surface area contributed by atoms with Crippen LogP contribution in [0.25, 0.3) is 0 Å². The molecule has 0 saturated heterocycles. The number of hydrogen-bond donors (Lipinski definition) is 2. The van der Waals surface area contributed by atoms with Gasteiger partial charge in [0.25, 0.3) is 5.91 Å². The minimum atomic E-state index is -0.0181. The average Bonchev–Trinajstić information content (AvgIpc) is 2.59. The van der Waals surface area contributed by atoms with E-state index in [4.69, 9.17) is 0 Å². The molecule has 0 atom stereocenters. The second-order valence-electron chi connectivity index (χ2n) is 3.11. The first-order chi connectivity index (χ1) is 6.75. The Hall–Kier alpha value is -1.29. The topological polar surface area (TPSA) is 46.1 Å². The zero-order chi connectivity index (χ0) is 10.4. The van der Waals surface area contributed by atoms with Crippen molar-refractivity contribution in [3.63, 3.8) is 0 Å². The van der Waals surface area contributed by atoms with Crippen molar-refractivity contribution >= 4 is 5.91 Å². The fraction of sp³-hybridized carbons (Fsp3) is 0.500. The number of aryl methyl sites for hydroxylation is 1. The normalized spacial score (nSPS) is 10.1. The first kappa shape index (κ1) is 10.8. The van der Waals surface area contributed by atoms with Gasteiger partial charge in [-0.15, -0.1) is 0 Å². The van der Waals surface area contributed by atoms with Gasteiger partial charge in [-0.3, -0.25) is 4.79 Å². The van der Waals surface area contributed by atoms with Crippen LogP contribution in [-0.2, 0) is 7.05 Å². The van der Waals surface area contributed by atoms with Gasteiger partial charge in [0.1, 0.15) is 5.69 Å². The molecule has 0 saturated carbocycles. The first-order valence-corrected chi connectivity index (χ1v) is 4.86. The SMILES string of the molecule is CCNCCNC(=O)c1cccn1C. The Bertz CT molecular complexity index is 293. The largest absolute Gasteiger partial charge is 0.349 e. The summed E-state index contributed by atoms with van der Waals surface area (Å²) in [6.45, 7) is 4.45. The minimum Gasteiger partial charge on any atom is -0.349 e. The van der Waals surface area contributed by atoms with Gasteiger partial charge in [-0.2, -0.15) is 0 Å². The Morgan fingerprint density at radius 1 is 1.50 bits per heavy atom. The van der Waals surface area contributed by atoms with Gasteiger partial charge in [0, 0.05) is 26.3 Å². The molecule has 0 aliphatic rings. The van der Waals surface area contributed by atoms with Crippen molar-refractivity contribution in [2.24, 2.45) is 7.05 Å². The van der Waals surface area contributed by atoms with Crippen LogP contribution >= 0.6 is 0 Å². The van der Waals surface area contributed by atoms with Gasteiger partial charge in [0.2, 0.25) is 0 Å². The number of carbonyl (C=O) groups is 1. The van der Waals surface area contributed by atoms with Crippen LogP contribution in [0.15, 0.2) is 18.3 Å². The van der Waals surface area contributed by atoms with E-state index in [1.807, 2.05) is 36.9 Å². The highest BCUT2D eigenvalue weighted by atomic mass is 16.1. The minimum absolute atomic E-state index is 0.0181. The third-order valence-corrected chi connectivity index (χ3v) is 2.01.